The lowest BCUT2D eigenvalue weighted by Crippen LogP contribution is -2.28. The summed E-state index contributed by atoms with van der Waals surface area (Å²) in [5.74, 6) is 1.11. The summed E-state index contributed by atoms with van der Waals surface area (Å²) >= 11 is 0. The standard InChI is InChI=1S/C13H20N2O4/c1-17-11-4-3-10(7-12(11)18-2)8-15-13(16)9-19-6-5-14/h3-4,7H,5-6,8-9,14H2,1-2H3,(H,15,16). The van der Waals surface area contributed by atoms with Gasteiger partial charge in [-0.1, -0.05) is 6.07 Å². The molecule has 0 atom stereocenters. The van der Waals surface area contributed by atoms with Gasteiger partial charge in [0.05, 0.1) is 20.8 Å². The number of carbonyl (C=O) groups excluding carboxylic acids is 1. The molecule has 0 spiro atoms. The van der Waals surface area contributed by atoms with E-state index in [2.05, 4.69) is 5.32 Å². The van der Waals surface area contributed by atoms with E-state index in [0.717, 1.165) is 5.56 Å². The van der Waals surface area contributed by atoms with Crippen LogP contribution in [0.5, 0.6) is 11.5 Å². The number of hydrogen-bond acceptors (Lipinski definition) is 5. The van der Waals surface area contributed by atoms with Gasteiger partial charge in [-0.3, -0.25) is 4.79 Å². The maximum Gasteiger partial charge on any atom is 0.246 e. The SMILES string of the molecule is COc1ccc(CNC(=O)COCCN)cc1OC. The lowest BCUT2D eigenvalue weighted by Gasteiger charge is -2.10. The Morgan fingerprint density at radius 1 is 1.26 bits per heavy atom. The van der Waals surface area contributed by atoms with E-state index >= 15 is 0 Å². The molecule has 0 fully saturated rings. The summed E-state index contributed by atoms with van der Waals surface area (Å²) in [6.45, 7) is 1.21. The summed E-state index contributed by atoms with van der Waals surface area (Å²) in [5, 5.41) is 2.75. The zero-order chi connectivity index (χ0) is 14.1. The summed E-state index contributed by atoms with van der Waals surface area (Å²) in [6.07, 6.45) is 0. The lowest BCUT2D eigenvalue weighted by atomic mass is 10.2. The number of carbonyl (C=O) groups is 1. The van der Waals surface area contributed by atoms with Gasteiger partial charge in [0.25, 0.3) is 0 Å². The lowest BCUT2D eigenvalue weighted by molar-refractivity contribution is -0.125. The molecule has 0 aliphatic heterocycles. The minimum absolute atomic E-state index is 0.0183. The molecular formula is C13H20N2O4. The van der Waals surface area contributed by atoms with Crippen molar-refractivity contribution in [2.45, 2.75) is 6.54 Å². The Kier molecular flexibility index (Phi) is 6.70. The summed E-state index contributed by atoms with van der Waals surface area (Å²) in [7, 11) is 3.15. The van der Waals surface area contributed by atoms with Crippen LogP contribution in [0.3, 0.4) is 0 Å². The van der Waals surface area contributed by atoms with Crippen molar-refractivity contribution in [3.05, 3.63) is 23.8 Å². The minimum Gasteiger partial charge on any atom is -0.493 e. The number of nitrogens with two attached hydrogens (primary N) is 1. The van der Waals surface area contributed by atoms with Crippen molar-refractivity contribution in [2.75, 3.05) is 34.0 Å². The van der Waals surface area contributed by atoms with Crippen molar-refractivity contribution in [3.63, 3.8) is 0 Å². The van der Waals surface area contributed by atoms with E-state index in [1.165, 1.54) is 0 Å². The fourth-order valence-electron chi connectivity index (χ4n) is 1.49. The van der Waals surface area contributed by atoms with Gasteiger partial charge in [-0.25, -0.2) is 0 Å². The Hall–Kier alpha value is -1.79. The van der Waals surface area contributed by atoms with Gasteiger partial charge in [-0.05, 0) is 17.7 Å². The summed E-state index contributed by atoms with van der Waals surface area (Å²) in [6, 6.07) is 5.48. The van der Waals surface area contributed by atoms with Crippen molar-refractivity contribution < 1.29 is 19.0 Å². The molecule has 0 aliphatic rings. The van der Waals surface area contributed by atoms with Crippen LogP contribution in [-0.4, -0.2) is 39.9 Å². The van der Waals surface area contributed by atoms with Crippen LogP contribution in [0.1, 0.15) is 5.56 Å². The monoisotopic (exact) mass is 268 g/mol. The zero-order valence-electron chi connectivity index (χ0n) is 11.3. The largest absolute Gasteiger partial charge is 0.493 e. The van der Waals surface area contributed by atoms with Gasteiger partial charge in [0.1, 0.15) is 6.61 Å². The maximum absolute atomic E-state index is 11.4. The van der Waals surface area contributed by atoms with Gasteiger partial charge in [-0.15, -0.1) is 0 Å². The molecule has 1 amide bonds. The van der Waals surface area contributed by atoms with Gasteiger partial charge in [0.2, 0.25) is 5.91 Å². The van der Waals surface area contributed by atoms with Crippen LogP contribution in [0.4, 0.5) is 0 Å². The predicted molar refractivity (Wildman–Crippen MR) is 71.3 cm³/mol. The number of nitrogens with one attached hydrogen (secondary N) is 1. The van der Waals surface area contributed by atoms with E-state index in [1.807, 2.05) is 12.1 Å². The van der Waals surface area contributed by atoms with Crippen LogP contribution in [0, 0.1) is 0 Å². The maximum atomic E-state index is 11.4. The normalized spacial score (nSPS) is 10.1. The van der Waals surface area contributed by atoms with Crippen LogP contribution in [0.2, 0.25) is 0 Å². The quantitative estimate of drug-likeness (QED) is 0.662. The first kappa shape index (κ1) is 15.3. The van der Waals surface area contributed by atoms with Gasteiger partial charge in [0.15, 0.2) is 11.5 Å². The van der Waals surface area contributed by atoms with Crippen LogP contribution < -0.4 is 20.5 Å². The van der Waals surface area contributed by atoms with Crippen LogP contribution in [0.15, 0.2) is 18.2 Å². The fraction of sp³-hybridized carbons (Fsp3) is 0.462. The summed E-state index contributed by atoms with van der Waals surface area (Å²) in [5.41, 5.74) is 6.18. The Balaban J connectivity index is 2.47. The zero-order valence-corrected chi connectivity index (χ0v) is 11.3. The van der Waals surface area contributed by atoms with Crippen molar-refractivity contribution in [3.8, 4) is 11.5 Å². The molecule has 0 saturated heterocycles. The number of rotatable bonds is 8. The second-order valence-corrected chi connectivity index (χ2v) is 3.81. The first-order valence-corrected chi connectivity index (χ1v) is 5.96. The smallest absolute Gasteiger partial charge is 0.246 e. The predicted octanol–water partition coefficient (Wildman–Crippen LogP) is 0.295. The van der Waals surface area contributed by atoms with Crippen molar-refractivity contribution in [1.82, 2.24) is 5.32 Å². The number of ether oxygens (including phenoxy) is 3. The molecule has 0 heterocycles. The highest BCUT2D eigenvalue weighted by Crippen LogP contribution is 2.27. The molecule has 6 nitrogen and oxygen atoms in total. The van der Waals surface area contributed by atoms with Gasteiger partial charge in [-0.2, -0.15) is 0 Å². The second kappa shape index (κ2) is 8.34. The third-order valence-electron chi connectivity index (χ3n) is 2.43. The van der Waals surface area contributed by atoms with E-state index in [0.29, 0.717) is 31.2 Å². The molecule has 0 unspecified atom stereocenters. The van der Waals surface area contributed by atoms with E-state index in [4.69, 9.17) is 19.9 Å². The highest BCUT2D eigenvalue weighted by molar-refractivity contribution is 5.77. The molecule has 1 aromatic carbocycles. The molecule has 19 heavy (non-hydrogen) atoms. The third kappa shape index (κ3) is 5.15. The highest BCUT2D eigenvalue weighted by atomic mass is 16.5. The molecular weight excluding hydrogens is 248 g/mol. The van der Waals surface area contributed by atoms with E-state index < -0.39 is 0 Å². The molecule has 0 aromatic heterocycles. The average molecular weight is 268 g/mol. The molecule has 1 aromatic rings. The van der Waals surface area contributed by atoms with Crippen molar-refractivity contribution in [2.24, 2.45) is 5.73 Å². The molecule has 3 N–H and O–H groups in total. The fourth-order valence-corrected chi connectivity index (χ4v) is 1.49. The van der Waals surface area contributed by atoms with E-state index in [-0.39, 0.29) is 12.5 Å². The van der Waals surface area contributed by atoms with Crippen molar-refractivity contribution in [1.29, 1.82) is 0 Å². The third-order valence-corrected chi connectivity index (χ3v) is 2.43. The first-order valence-electron chi connectivity index (χ1n) is 5.96. The molecule has 0 bridgehead atoms. The van der Waals surface area contributed by atoms with E-state index in [1.54, 1.807) is 20.3 Å². The molecule has 1 rings (SSSR count). The van der Waals surface area contributed by atoms with Crippen LogP contribution in [0.25, 0.3) is 0 Å². The minimum atomic E-state index is -0.178. The van der Waals surface area contributed by atoms with E-state index in [9.17, 15) is 4.79 Å². The first-order chi connectivity index (χ1) is 9.21. The second-order valence-electron chi connectivity index (χ2n) is 3.81. The molecule has 106 valence electrons. The summed E-state index contributed by atoms with van der Waals surface area (Å²) < 4.78 is 15.4. The molecule has 0 saturated carbocycles. The Morgan fingerprint density at radius 2 is 2.00 bits per heavy atom. The number of benzene rings is 1. The van der Waals surface area contributed by atoms with Crippen molar-refractivity contribution >= 4 is 5.91 Å². The summed E-state index contributed by atoms with van der Waals surface area (Å²) in [4.78, 5) is 11.4. The molecule has 0 aliphatic carbocycles. The van der Waals surface area contributed by atoms with Crippen LogP contribution in [-0.2, 0) is 16.1 Å². The molecule has 0 radical (unpaired) electrons. The van der Waals surface area contributed by atoms with Gasteiger partial charge >= 0.3 is 0 Å². The Morgan fingerprint density at radius 3 is 2.63 bits per heavy atom. The molecule has 6 heteroatoms. The topological polar surface area (TPSA) is 82.8 Å². The van der Waals surface area contributed by atoms with Gasteiger partial charge in [0, 0.05) is 13.1 Å². The average Bonchev–Trinajstić information content (AvgIpc) is 2.45. The van der Waals surface area contributed by atoms with Crippen LogP contribution >= 0.6 is 0 Å². The Bertz CT molecular complexity index is 410. The Labute approximate surface area is 112 Å². The number of hydrogen-bond donors (Lipinski definition) is 2. The number of amides is 1. The highest BCUT2D eigenvalue weighted by Gasteiger charge is 2.06. The van der Waals surface area contributed by atoms with Gasteiger partial charge < -0.3 is 25.3 Å². The number of methoxy groups -OCH3 is 2.